The molecular formula is C24H27FN2O6S. The van der Waals surface area contributed by atoms with E-state index in [1.165, 1.54) is 35.6 Å². The molecule has 0 saturated carbocycles. The fourth-order valence-corrected chi connectivity index (χ4v) is 4.93. The first-order valence-electron chi connectivity index (χ1n) is 11.0. The first-order valence-corrected chi connectivity index (χ1v) is 11.9. The van der Waals surface area contributed by atoms with Crippen molar-refractivity contribution in [2.75, 3.05) is 32.2 Å². The number of carbonyl (C=O) groups is 4. The predicted octanol–water partition coefficient (Wildman–Crippen LogP) is 3.29. The summed E-state index contributed by atoms with van der Waals surface area (Å²) in [4.78, 5) is 50.3. The highest BCUT2D eigenvalue weighted by Gasteiger charge is 2.26. The molecule has 2 aromatic rings. The lowest BCUT2D eigenvalue weighted by Crippen LogP contribution is -2.29. The summed E-state index contributed by atoms with van der Waals surface area (Å²) in [5.74, 6) is -2.32. The van der Waals surface area contributed by atoms with Crippen molar-refractivity contribution < 1.29 is 33.0 Å². The molecule has 0 aliphatic heterocycles. The van der Waals surface area contributed by atoms with E-state index in [4.69, 9.17) is 9.47 Å². The Bertz CT molecular complexity index is 1050. The number of nitrogens with one attached hydrogen (secondary N) is 2. The highest BCUT2D eigenvalue weighted by atomic mass is 32.1. The minimum absolute atomic E-state index is 0.116. The van der Waals surface area contributed by atoms with Crippen molar-refractivity contribution >= 4 is 39.9 Å². The number of amides is 2. The maximum atomic E-state index is 13.0. The van der Waals surface area contributed by atoms with Gasteiger partial charge in [-0.1, -0.05) is 0 Å². The van der Waals surface area contributed by atoms with Crippen LogP contribution in [0.4, 0.5) is 9.39 Å². The number of thiophene rings is 1. The maximum absolute atomic E-state index is 13.0. The number of hydrogen-bond donors (Lipinski definition) is 2. The third kappa shape index (κ3) is 6.94. The van der Waals surface area contributed by atoms with Gasteiger partial charge < -0.3 is 20.1 Å². The van der Waals surface area contributed by atoms with E-state index in [0.29, 0.717) is 29.3 Å². The van der Waals surface area contributed by atoms with Crippen molar-refractivity contribution in [3.63, 3.8) is 0 Å². The van der Waals surface area contributed by atoms with Crippen LogP contribution in [0.5, 0.6) is 0 Å². The van der Waals surface area contributed by atoms with Gasteiger partial charge in [-0.05, 0) is 55.5 Å². The van der Waals surface area contributed by atoms with Crippen LogP contribution in [0.15, 0.2) is 24.3 Å². The van der Waals surface area contributed by atoms with Gasteiger partial charge >= 0.3 is 5.97 Å². The monoisotopic (exact) mass is 490 g/mol. The molecule has 0 fully saturated rings. The van der Waals surface area contributed by atoms with Crippen LogP contribution in [0.1, 0.15) is 56.8 Å². The van der Waals surface area contributed by atoms with Gasteiger partial charge in [0.2, 0.25) is 0 Å². The van der Waals surface area contributed by atoms with Gasteiger partial charge in [-0.3, -0.25) is 19.2 Å². The van der Waals surface area contributed by atoms with Gasteiger partial charge in [0.1, 0.15) is 10.8 Å². The Morgan fingerprint density at radius 1 is 1.06 bits per heavy atom. The lowest BCUT2D eigenvalue weighted by atomic mass is 9.95. The number of fused-ring (bicyclic) bond motifs is 1. The number of hydrogen-bond acceptors (Lipinski definition) is 7. The quantitative estimate of drug-likeness (QED) is 0.284. The van der Waals surface area contributed by atoms with Crippen LogP contribution in [-0.2, 0) is 31.9 Å². The molecular weight excluding hydrogens is 463 g/mol. The van der Waals surface area contributed by atoms with Crippen molar-refractivity contribution in [3.05, 3.63) is 51.7 Å². The highest BCUT2D eigenvalue weighted by Crippen LogP contribution is 2.38. The van der Waals surface area contributed by atoms with Crippen molar-refractivity contribution in [1.82, 2.24) is 5.32 Å². The number of benzene rings is 1. The maximum Gasteiger partial charge on any atom is 0.306 e. The smallest absolute Gasteiger partial charge is 0.306 e. The van der Waals surface area contributed by atoms with Crippen molar-refractivity contribution in [2.45, 2.75) is 38.5 Å². The number of ketones is 1. The Morgan fingerprint density at radius 3 is 2.53 bits per heavy atom. The summed E-state index contributed by atoms with van der Waals surface area (Å²) >= 11 is 1.37. The summed E-state index contributed by atoms with van der Waals surface area (Å²) in [5.41, 5.74) is 1.71. The number of halogens is 1. The molecule has 3 rings (SSSR count). The van der Waals surface area contributed by atoms with E-state index >= 15 is 0 Å². The van der Waals surface area contributed by atoms with Crippen LogP contribution in [-0.4, -0.2) is 50.4 Å². The second-order valence-electron chi connectivity index (χ2n) is 7.80. The van der Waals surface area contributed by atoms with E-state index in [-0.39, 0.29) is 24.5 Å². The number of Topliss-reactive ketones (excluding diaryl/α,β-unsaturated/α-hetero) is 1. The summed E-state index contributed by atoms with van der Waals surface area (Å²) in [6.07, 6.45) is 3.31. The lowest BCUT2D eigenvalue weighted by Gasteiger charge is -2.13. The van der Waals surface area contributed by atoms with E-state index in [2.05, 4.69) is 10.6 Å². The molecule has 0 atom stereocenters. The summed E-state index contributed by atoms with van der Waals surface area (Å²) in [6, 6.07) is 5.04. The number of carbonyl (C=O) groups excluding carboxylic acids is 4. The molecule has 0 unspecified atom stereocenters. The van der Waals surface area contributed by atoms with E-state index in [1.807, 2.05) is 0 Å². The molecule has 1 heterocycles. The van der Waals surface area contributed by atoms with Crippen LogP contribution in [0.2, 0.25) is 0 Å². The van der Waals surface area contributed by atoms with E-state index in [1.54, 1.807) is 7.11 Å². The third-order valence-electron chi connectivity index (χ3n) is 5.33. The molecule has 1 aromatic heterocycles. The van der Waals surface area contributed by atoms with Crippen LogP contribution in [0.3, 0.4) is 0 Å². The van der Waals surface area contributed by atoms with Gasteiger partial charge in [0.15, 0.2) is 12.4 Å². The van der Waals surface area contributed by atoms with Crippen LogP contribution in [0, 0.1) is 5.82 Å². The second-order valence-corrected chi connectivity index (χ2v) is 8.91. The number of methoxy groups -OCH3 is 1. The molecule has 0 spiro atoms. The number of esters is 1. The molecule has 10 heteroatoms. The minimum atomic E-state index is -0.700. The molecule has 0 bridgehead atoms. The van der Waals surface area contributed by atoms with E-state index < -0.39 is 24.3 Å². The fourth-order valence-electron chi connectivity index (χ4n) is 3.63. The van der Waals surface area contributed by atoms with Gasteiger partial charge in [0.05, 0.1) is 18.6 Å². The molecule has 2 amide bonds. The minimum Gasteiger partial charge on any atom is -0.456 e. The molecule has 2 N–H and O–H groups in total. The lowest BCUT2D eigenvalue weighted by molar-refractivity contribution is -0.147. The Balaban J connectivity index is 1.53. The number of rotatable bonds is 11. The molecule has 182 valence electrons. The standard InChI is InChI=1S/C24H27FN2O6S/c1-32-13-12-26-23(31)22-17-4-2-3-5-19(17)34-24(22)27-20(29)14-33-21(30)11-10-18(28)15-6-8-16(25)9-7-15/h6-9H,2-5,10-14H2,1H3,(H,26,31)(H,27,29). The molecule has 1 aliphatic carbocycles. The predicted molar refractivity (Wildman–Crippen MR) is 125 cm³/mol. The third-order valence-corrected chi connectivity index (χ3v) is 6.54. The zero-order valence-electron chi connectivity index (χ0n) is 18.9. The first-order chi connectivity index (χ1) is 16.4. The first kappa shape index (κ1) is 25.5. The largest absolute Gasteiger partial charge is 0.456 e. The average molecular weight is 491 g/mol. The second kappa shape index (κ2) is 12.4. The number of anilines is 1. The van der Waals surface area contributed by atoms with Gasteiger partial charge in [0.25, 0.3) is 11.8 Å². The van der Waals surface area contributed by atoms with Crippen LogP contribution >= 0.6 is 11.3 Å². The highest BCUT2D eigenvalue weighted by molar-refractivity contribution is 7.17. The summed E-state index contributed by atoms with van der Waals surface area (Å²) in [7, 11) is 1.55. The topological polar surface area (TPSA) is 111 Å². The average Bonchev–Trinajstić information content (AvgIpc) is 3.19. The van der Waals surface area contributed by atoms with Gasteiger partial charge in [0, 0.05) is 30.5 Å². The SMILES string of the molecule is COCCNC(=O)c1c(NC(=O)COC(=O)CCC(=O)c2ccc(F)cc2)sc2c1CCCC2. The molecule has 1 aromatic carbocycles. The van der Waals surface area contributed by atoms with Crippen molar-refractivity contribution in [2.24, 2.45) is 0 Å². The van der Waals surface area contributed by atoms with Gasteiger partial charge in [-0.2, -0.15) is 0 Å². The zero-order valence-corrected chi connectivity index (χ0v) is 19.7. The van der Waals surface area contributed by atoms with Crippen molar-refractivity contribution in [1.29, 1.82) is 0 Å². The fraction of sp³-hybridized carbons (Fsp3) is 0.417. The summed E-state index contributed by atoms with van der Waals surface area (Å²) < 4.78 is 22.9. The van der Waals surface area contributed by atoms with Gasteiger partial charge in [-0.15, -0.1) is 11.3 Å². The molecule has 0 radical (unpaired) electrons. The summed E-state index contributed by atoms with van der Waals surface area (Å²) in [6.45, 7) is 0.192. The zero-order chi connectivity index (χ0) is 24.5. The Hall–Kier alpha value is -3.11. The Labute approximate surface area is 200 Å². The van der Waals surface area contributed by atoms with E-state index in [0.717, 1.165) is 36.1 Å². The molecule has 0 saturated heterocycles. The van der Waals surface area contributed by atoms with Gasteiger partial charge in [-0.25, -0.2) is 4.39 Å². The number of aryl methyl sites for hydroxylation is 1. The Kier molecular flexibility index (Phi) is 9.29. The summed E-state index contributed by atoms with van der Waals surface area (Å²) in [5, 5.41) is 5.93. The molecule has 34 heavy (non-hydrogen) atoms. The van der Waals surface area contributed by atoms with Crippen LogP contribution in [0.25, 0.3) is 0 Å². The Morgan fingerprint density at radius 2 is 1.79 bits per heavy atom. The normalized spacial score (nSPS) is 12.5. The molecule has 8 nitrogen and oxygen atoms in total. The number of ether oxygens (including phenoxy) is 2. The molecule has 1 aliphatic rings. The van der Waals surface area contributed by atoms with E-state index in [9.17, 15) is 23.6 Å². The van der Waals surface area contributed by atoms with Crippen molar-refractivity contribution in [3.8, 4) is 0 Å². The van der Waals surface area contributed by atoms with Crippen LogP contribution < -0.4 is 10.6 Å².